The highest BCUT2D eigenvalue weighted by molar-refractivity contribution is 6.03. The van der Waals surface area contributed by atoms with Gasteiger partial charge in [0.05, 0.1) is 12.0 Å². The van der Waals surface area contributed by atoms with E-state index < -0.39 is 0 Å². The van der Waals surface area contributed by atoms with Crippen LogP contribution in [0, 0.1) is 0 Å². The van der Waals surface area contributed by atoms with E-state index in [-0.39, 0.29) is 11.6 Å². The van der Waals surface area contributed by atoms with Crippen LogP contribution in [0.1, 0.15) is 5.76 Å². The number of furan rings is 1. The van der Waals surface area contributed by atoms with Gasteiger partial charge in [-0.15, -0.1) is 0 Å². The van der Waals surface area contributed by atoms with Crippen molar-refractivity contribution in [3.05, 3.63) is 30.0 Å². The van der Waals surface area contributed by atoms with E-state index in [1.807, 2.05) is 18.2 Å². The van der Waals surface area contributed by atoms with E-state index in [2.05, 4.69) is 5.16 Å². The zero-order valence-corrected chi connectivity index (χ0v) is 9.92. The molecule has 0 aliphatic heterocycles. The van der Waals surface area contributed by atoms with E-state index in [0.29, 0.717) is 24.5 Å². The molecule has 2 aromatic rings. The van der Waals surface area contributed by atoms with Gasteiger partial charge in [0.1, 0.15) is 12.2 Å². The molecule has 0 saturated heterocycles. The molecule has 0 saturated carbocycles. The minimum absolute atomic E-state index is 0.126. The molecule has 0 radical (unpaired) electrons. The van der Waals surface area contributed by atoms with Gasteiger partial charge in [-0.3, -0.25) is 0 Å². The molecule has 0 aliphatic rings. The number of amidine groups is 1. The monoisotopic (exact) mass is 250 g/mol. The smallest absolute Gasteiger partial charge is 0.215 e. The molecule has 6 nitrogen and oxygen atoms in total. The van der Waals surface area contributed by atoms with E-state index in [9.17, 15) is 0 Å². The van der Waals surface area contributed by atoms with Gasteiger partial charge in [-0.05, 0) is 12.1 Å². The number of fused-ring (bicyclic) bond motifs is 1. The van der Waals surface area contributed by atoms with E-state index in [0.717, 1.165) is 5.39 Å². The third kappa shape index (κ3) is 2.23. The van der Waals surface area contributed by atoms with Gasteiger partial charge in [0.15, 0.2) is 5.75 Å². The summed E-state index contributed by atoms with van der Waals surface area (Å²) in [6, 6.07) is 7.32. The minimum Gasteiger partial charge on any atom is -0.486 e. The Morgan fingerprint density at radius 2 is 2.17 bits per heavy atom. The molecule has 3 N–H and O–H groups in total. The third-order valence-electron chi connectivity index (χ3n) is 2.42. The number of ether oxygens (including phenoxy) is 2. The van der Waals surface area contributed by atoms with E-state index >= 15 is 0 Å². The molecule has 0 spiro atoms. The standard InChI is InChI=1S/C12H14N2O4/c1-16-6-7-17-10-8-4-2-3-5-9(8)18-11(10)12(13)14-15/h2-5,15H,6-7H2,1H3,(H2,13,14). The lowest BCUT2D eigenvalue weighted by molar-refractivity contribution is 0.146. The van der Waals surface area contributed by atoms with Gasteiger partial charge in [-0.1, -0.05) is 17.3 Å². The molecule has 0 atom stereocenters. The molecule has 0 aliphatic carbocycles. The second kappa shape index (κ2) is 5.42. The number of hydrogen-bond donors (Lipinski definition) is 2. The van der Waals surface area contributed by atoms with Crippen LogP contribution < -0.4 is 10.5 Å². The maximum Gasteiger partial charge on any atom is 0.215 e. The van der Waals surface area contributed by atoms with Crippen LogP contribution in [-0.4, -0.2) is 31.4 Å². The number of hydrogen-bond acceptors (Lipinski definition) is 5. The summed E-state index contributed by atoms with van der Waals surface area (Å²) in [7, 11) is 1.58. The summed E-state index contributed by atoms with van der Waals surface area (Å²) in [6.45, 7) is 0.793. The van der Waals surface area contributed by atoms with Crippen molar-refractivity contribution in [1.29, 1.82) is 0 Å². The first kappa shape index (κ1) is 12.3. The molecule has 2 rings (SSSR count). The summed E-state index contributed by atoms with van der Waals surface area (Å²) >= 11 is 0. The predicted molar refractivity (Wildman–Crippen MR) is 66.1 cm³/mol. The Morgan fingerprint density at radius 1 is 1.39 bits per heavy atom. The Balaban J connectivity index is 2.44. The maximum atomic E-state index is 8.73. The lowest BCUT2D eigenvalue weighted by Crippen LogP contribution is -2.14. The highest BCUT2D eigenvalue weighted by Crippen LogP contribution is 2.32. The molecule has 1 aromatic heterocycles. The highest BCUT2D eigenvalue weighted by Gasteiger charge is 2.18. The van der Waals surface area contributed by atoms with E-state index in [1.165, 1.54) is 0 Å². The van der Waals surface area contributed by atoms with Crippen molar-refractivity contribution in [3.8, 4) is 5.75 Å². The van der Waals surface area contributed by atoms with E-state index in [4.69, 9.17) is 24.8 Å². The SMILES string of the molecule is COCCOc1c(/C(N)=N/O)oc2ccccc12. The third-order valence-corrected chi connectivity index (χ3v) is 2.42. The summed E-state index contributed by atoms with van der Waals surface area (Å²) in [4.78, 5) is 0. The lowest BCUT2D eigenvalue weighted by Gasteiger charge is -2.05. The number of benzene rings is 1. The van der Waals surface area contributed by atoms with Crippen LogP contribution in [-0.2, 0) is 4.74 Å². The molecule has 1 aromatic carbocycles. The normalized spacial score (nSPS) is 11.9. The fourth-order valence-corrected chi connectivity index (χ4v) is 1.61. The van der Waals surface area contributed by atoms with Crippen molar-refractivity contribution in [2.24, 2.45) is 10.9 Å². The summed E-state index contributed by atoms with van der Waals surface area (Å²) < 4.78 is 16.0. The minimum atomic E-state index is -0.126. The summed E-state index contributed by atoms with van der Waals surface area (Å²) in [6.07, 6.45) is 0. The van der Waals surface area contributed by atoms with Crippen LogP contribution in [0.4, 0.5) is 0 Å². The van der Waals surface area contributed by atoms with Crippen LogP contribution >= 0.6 is 0 Å². The molecular weight excluding hydrogens is 236 g/mol. The predicted octanol–water partition coefficient (Wildman–Crippen LogP) is 1.55. The molecule has 1 heterocycles. The molecule has 0 amide bonds. The fourth-order valence-electron chi connectivity index (χ4n) is 1.61. The van der Waals surface area contributed by atoms with E-state index in [1.54, 1.807) is 13.2 Å². The molecule has 6 heteroatoms. The molecule has 18 heavy (non-hydrogen) atoms. The molecule has 0 fully saturated rings. The molecule has 96 valence electrons. The van der Waals surface area contributed by atoms with Crippen molar-refractivity contribution in [2.75, 3.05) is 20.3 Å². The van der Waals surface area contributed by atoms with Crippen LogP contribution in [0.25, 0.3) is 11.0 Å². The summed E-state index contributed by atoms with van der Waals surface area (Å²) in [5.74, 6) is 0.548. The van der Waals surface area contributed by atoms with Crippen molar-refractivity contribution < 1.29 is 19.1 Å². The first-order valence-electron chi connectivity index (χ1n) is 5.39. The Bertz CT molecular complexity index is 562. The van der Waals surface area contributed by atoms with Crippen LogP contribution in [0.15, 0.2) is 33.8 Å². The van der Waals surface area contributed by atoms with Gasteiger partial charge < -0.3 is 24.8 Å². The topological polar surface area (TPSA) is 90.2 Å². The molecule has 0 bridgehead atoms. The highest BCUT2D eigenvalue weighted by atomic mass is 16.5. The van der Waals surface area contributed by atoms with Gasteiger partial charge in [-0.2, -0.15) is 0 Å². The fraction of sp³-hybridized carbons (Fsp3) is 0.250. The largest absolute Gasteiger partial charge is 0.486 e. The summed E-state index contributed by atoms with van der Waals surface area (Å²) in [5, 5.41) is 12.4. The zero-order chi connectivity index (χ0) is 13.0. The Morgan fingerprint density at radius 3 is 2.89 bits per heavy atom. The number of nitrogens with two attached hydrogens (primary N) is 1. The number of methoxy groups -OCH3 is 1. The van der Waals surface area contributed by atoms with Gasteiger partial charge in [0.2, 0.25) is 11.6 Å². The van der Waals surface area contributed by atoms with Gasteiger partial charge in [0.25, 0.3) is 0 Å². The zero-order valence-electron chi connectivity index (χ0n) is 9.92. The second-order valence-corrected chi connectivity index (χ2v) is 3.58. The Labute approximate surface area is 104 Å². The number of nitrogens with zero attached hydrogens (tertiary/aromatic N) is 1. The van der Waals surface area contributed by atoms with Gasteiger partial charge >= 0.3 is 0 Å². The van der Waals surface area contributed by atoms with Gasteiger partial charge in [-0.25, -0.2) is 0 Å². The lowest BCUT2D eigenvalue weighted by atomic mass is 10.2. The molecule has 0 unspecified atom stereocenters. The first-order valence-corrected chi connectivity index (χ1v) is 5.39. The Hall–Kier alpha value is -2.21. The van der Waals surface area contributed by atoms with Crippen molar-refractivity contribution in [1.82, 2.24) is 0 Å². The van der Waals surface area contributed by atoms with Crippen LogP contribution in [0.3, 0.4) is 0 Å². The maximum absolute atomic E-state index is 8.73. The van der Waals surface area contributed by atoms with Crippen molar-refractivity contribution >= 4 is 16.8 Å². The number of oxime groups is 1. The quantitative estimate of drug-likeness (QED) is 0.276. The number of rotatable bonds is 5. The molecular formula is C12H14N2O4. The van der Waals surface area contributed by atoms with Crippen LogP contribution in [0.5, 0.6) is 5.75 Å². The summed E-state index contributed by atoms with van der Waals surface area (Å²) in [5.41, 5.74) is 6.18. The average molecular weight is 250 g/mol. The average Bonchev–Trinajstić information content (AvgIpc) is 2.77. The second-order valence-electron chi connectivity index (χ2n) is 3.58. The Kier molecular flexibility index (Phi) is 3.69. The van der Waals surface area contributed by atoms with Crippen molar-refractivity contribution in [3.63, 3.8) is 0 Å². The first-order chi connectivity index (χ1) is 8.77. The number of para-hydroxylation sites is 1. The van der Waals surface area contributed by atoms with Crippen molar-refractivity contribution in [2.45, 2.75) is 0 Å². The van der Waals surface area contributed by atoms with Crippen LogP contribution in [0.2, 0.25) is 0 Å². The van der Waals surface area contributed by atoms with Gasteiger partial charge in [0, 0.05) is 7.11 Å².